The van der Waals surface area contributed by atoms with Gasteiger partial charge in [0, 0.05) is 0 Å². The van der Waals surface area contributed by atoms with Crippen LogP contribution >= 0.6 is 0 Å². The van der Waals surface area contributed by atoms with Gasteiger partial charge in [0.25, 0.3) is 0 Å². The molecule has 2 N–H and O–H groups in total. The molecule has 0 radical (unpaired) electrons. The van der Waals surface area contributed by atoms with E-state index in [1.54, 1.807) is 0 Å². The van der Waals surface area contributed by atoms with E-state index in [1.165, 1.54) is 13.1 Å². The summed E-state index contributed by atoms with van der Waals surface area (Å²) in [6, 6.07) is -1.16. The van der Waals surface area contributed by atoms with E-state index >= 15 is 0 Å². The van der Waals surface area contributed by atoms with Crippen molar-refractivity contribution >= 4 is 18.2 Å². The first-order valence-electron chi connectivity index (χ1n) is 3.00. The average Bonchev–Trinajstić information content (AvgIpc) is 1.86. The molecule has 11 heavy (non-hydrogen) atoms. The number of rotatable bonds is 4. The number of nitrogens with zero attached hydrogens (tertiary/aromatic N) is 1. The summed E-state index contributed by atoms with van der Waals surface area (Å²) < 4.78 is 0. The van der Waals surface area contributed by atoms with E-state index in [0.29, 0.717) is 0 Å². The van der Waals surface area contributed by atoms with Crippen LogP contribution in [-0.4, -0.2) is 34.4 Å². The van der Waals surface area contributed by atoms with Crippen LogP contribution in [0.1, 0.15) is 13.3 Å². The van der Waals surface area contributed by atoms with Gasteiger partial charge in [-0.3, -0.25) is 9.79 Å². The predicted molar refractivity (Wildman–Crippen MR) is 37.8 cm³/mol. The SMILES string of the molecule is CC=N[C@@H](CC(=O)O)C(=O)O. The van der Waals surface area contributed by atoms with Gasteiger partial charge in [-0.25, -0.2) is 4.79 Å². The van der Waals surface area contributed by atoms with Gasteiger partial charge in [-0.05, 0) is 13.1 Å². The van der Waals surface area contributed by atoms with Crippen LogP contribution in [0.4, 0.5) is 0 Å². The van der Waals surface area contributed by atoms with Crippen molar-refractivity contribution in [2.24, 2.45) is 4.99 Å². The summed E-state index contributed by atoms with van der Waals surface area (Å²) in [6.07, 6.45) is 0.807. The van der Waals surface area contributed by atoms with E-state index in [0.717, 1.165) is 0 Å². The fourth-order valence-electron chi connectivity index (χ4n) is 0.549. The summed E-state index contributed by atoms with van der Waals surface area (Å²) >= 11 is 0. The molecule has 0 amide bonds. The summed E-state index contributed by atoms with van der Waals surface area (Å²) in [5, 5.41) is 16.6. The lowest BCUT2D eigenvalue weighted by Gasteiger charge is -2.01. The van der Waals surface area contributed by atoms with E-state index in [2.05, 4.69) is 4.99 Å². The molecule has 62 valence electrons. The normalized spacial score (nSPS) is 13.2. The smallest absolute Gasteiger partial charge is 0.329 e. The van der Waals surface area contributed by atoms with Gasteiger partial charge in [-0.1, -0.05) is 0 Å². The van der Waals surface area contributed by atoms with E-state index in [1.807, 2.05) is 0 Å². The summed E-state index contributed by atoms with van der Waals surface area (Å²) in [5.74, 6) is -2.38. The Labute approximate surface area is 63.4 Å². The number of aliphatic imine (C=N–C) groups is 1. The molecule has 0 aliphatic heterocycles. The standard InChI is InChI=1S/C6H9NO4/c1-2-7-4(6(10)11)3-5(8)9/h2,4H,3H2,1H3,(H,8,9)(H,10,11)/t4-/m0/s1. The van der Waals surface area contributed by atoms with Crippen LogP contribution in [0.2, 0.25) is 0 Å². The molecule has 0 aliphatic rings. The first-order chi connectivity index (χ1) is 5.07. The molecule has 0 saturated carbocycles. The van der Waals surface area contributed by atoms with Crippen molar-refractivity contribution in [2.45, 2.75) is 19.4 Å². The van der Waals surface area contributed by atoms with Gasteiger partial charge >= 0.3 is 11.9 Å². The molecule has 0 aromatic rings. The largest absolute Gasteiger partial charge is 0.481 e. The van der Waals surface area contributed by atoms with Crippen LogP contribution in [0.3, 0.4) is 0 Å². The van der Waals surface area contributed by atoms with Crippen molar-refractivity contribution in [2.75, 3.05) is 0 Å². The fourth-order valence-corrected chi connectivity index (χ4v) is 0.549. The first-order valence-corrected chi connectivity index (χ1v) is 3.00. The molecule has 0 aliphatic carbocycles. The van der Waals surface area contributed by atoms with Crippen LogP contribution in [-0.2, 0) is 9.59 Å². The van der Waals surface area contributed by atoms with Gasteiger partial charge in [-0.15, -0.1) is 0 Å². The average molecular weight is 159 g/mol. The zero-order chi connectivity index (χ0) is 8.85. The molecule has 5 nitrogen and oxygen atoms in total. The maximum absolute atomic E-state index is 10.2. The number of aliphatic carboxylic acids is 2. The predicted octanol–water partition coefficient (Wildman–Crippen LogP) is 0.00500. The maximum atomic E-state index is 10.2. The minimum absolute atomic E-state index is 0.473. The molecule has 0 saturated heterocycles. The van der Waals surface area contributed by atoms with Crippen molar-refractivity contribution in [1.29, 1.82) is 0 Å². The molecule has 0 aromatic heterocycles. The second-order valence-corrected chi connectivity index (χ2v) is 1.86. The van der Waals surface area contributed by atoms with Crippen molar-refractivity contribution < 1.29 is 19.8 Å². The number of carboxylic acids is 2. The van der Waals surface area contributed by atoms with Gasteiger partial charge in [-0.2, -0.15) is 0 Å². The van der Waals surface area contributed by atoms with Crippen LogP contribution in [0.25, 0.3) is 0 Å². The second kappa shape index (κ2) is 4.43. The number of hydrogen-bond acceptors (Lipinski definition) is 3. The Balaban J connectivity index is 4.11. The number of carboxylic acid groups (broad SMARTS) is 2. The zero-order valence-corrected chi connectivity index (χ0v) is 6.02. The lowest BCUT2D eigenvalue weighted by atomic mass is 10.2. The fraction of sp³-hybridized carbons (Fsp3) is 0.500. The van der Waals surface area contributed by atoms with Crippen LogP contribution in [0, 0.1) is 0 Å². The molecule has 0 fully saturated rings. The number of hydrogen-bond donors (Lipinski definition) is 2. The van der Waals surface area contributed by atoms with Crippen molar-refractivity contribution in [1.82, 2.24) is 0 Å². The van der Waals surface area contributed by atoms with Gasteiger partial charge in [0.2, 0.25) is 0 Å². The lowest BCUT2D eigenvalue weighted by Crippen LogP contribution is -2.21. The Kier molecular flexibility index (Phi) is 3.87. The Morgan fingerprint density at radius 1 is 1.55 bits per heavy atom. The highest BCUT2D eigenvalue weighted by molar-refractivity contribution is 5.81. The molecule has 5 heteroatoms. The third kappa shape index (κ3) is 4.07. The zero-order valence-electron chi connectivity index (χ0n) is 6.02. The summed E-state index contributed by atoms with van der Waals surface area (Å²) in [5.41, 5.74) is 0. The molecule has 0 aromatic carbocycles. The van der Waals surface area contributed by atoms with E-state index in [4.69, 9.17) is 10.2 Å². The minimum atomic E-state index is -1.22. The van der Waals surface area contributed by atoms with Crippen LogP contribution in [0.5, 0.6) is 0 Å². The monoisotopic (exact) mass is 159 g/mol. The van der Waals surface area contributed by atoms with Gasteiger partial charge < -0.3 is 10.2 Å². The Bertz CT molecular complexity index is 187. The Morgan fingerprint density at radius 3 is 2.36 bits per heavy atom. The van der Waals surface area contributed by atoms with Crippen LogP contribution in [0.15, 0.2) is 4.99 Å². The molecular formula is C6H9NO4. The minimum Gasteiger partial charge on any atom is -0.481 e. The highest BCUT2D eigenvalue weighted by Crippen LogP contribution is 1.97. The topological polar surface area (TPSA) is 87.0 Å². The van der Waals surface area contributed by atoms with E-state index in [9.17, 15) is 9.59 Å². The lowest BCUT2D eigenvalue weighted by molar-refractivity contribution is -0.144. The van der Waals surface area contributed by atoms with Gasteiger partial charge in [0.1, 0.15) is 0 Å². The molecule has 0 rings (SSSR count). The molecule has 0 unspecified atom stereocenters. The van der Waals surface area contributed by atoms with Crippen LogP contribution < -0.4 is 0 Å². The summed E-state index contributed by atoms with van der Waals surface area (Å²) in [6.45, 7) is 1.54. The highest BCUT2D eigenvalue weighted by Gasteiger charge is 2.18. The third-order valence-corrected chi connectivity index (χ3v) is 0.982. The second-order valence-electron chi connectivity index (χ2n) is 1.86. The Hall–Kier alpha value is -1.39. The maximum Gasteiger partial charge on any atom is 0.329 e. The molecule has 0 spiro atoms. The van der Waals surface area contributed by atoms with Crippen molar-refractivity contribution in [3.63, 3.8) is 0 Å². The molecule has 1 atom stereocenters. The molecule has 0 bridgehead atoms. The van der Waals surface area contributed by atoms with Gasteiger partial charge in [0.05, 0.1) is 6.42 Å². The molecular weight excluding hydrogens is 150 g/mol. The first kappa shape index (κ1) is 9.61. The Morgan fingerprint density at radius 2 is 2.09 bits per heavy atom. The van der Waals surface area contributed by atoms with Crippen molar-refractivity contribution in [3.8, 4) is 0 Å². The summed E-state index contributed by atoms with van der Waals surface area (Å²) in [7, 11) is 0. The van der Waals surface area contributed by atoms with E-state index in [-0.39, 0.29) is 0 Å². The van der Waals surface area contributed by atoms with Gasteiger partial charge in [0.15, 0.2) is 6.04 Å². The summed E-state index contributed by atoms with van der Waals surface area (Å²) in [4.78, 5) is 23.8. The van der Waals surface area contributed by atoms with Crippen molar-refractivity contribution in [3.05, 3.63) is 0 Å². The van der Waals surface area contributed by atoms with E-state index < -0.39 is 24.4 Å². The number of carbonyl (C=O) groups is 2. The highest BCUT2D eigenvalue weighted by atomic mass is 16.4. The third-order valence-electron chi connectivity index (χ3n) is 0.982. The molecule has 0 heterocycles. The quantitative estimate of drug-likeness (QED) is 0.565.